The number of aromatic nitrogens is 4. The summed E-state index contributed by atoms with van der Waals surface area (Å²) in [5.41, 5.74) is 2.55. The van der Waals surface area contributed by atoms with Gasteiger partial charge in [-0.15, -0.1) is 0 Å². The van der Waals surface area contributed by atoms with E-state index in [0.717, 1.165) is 61.8 Å². The summed E-state index contributed by atoms with van der Waals surface area (Å²) in [6.07, 6.45) is 7.35. The van der Waals surface area contributed by atoms with Crippen LogP contribution in [0, 0.1) is 11.3 Å². The van der Waals surface area contributed by atoms with Crippen molar-refractivity contribution in [3.8, 4) is 6.07 Å². The third kappa shape index (κ3) is 3.40. The van der Waals surface area contributed by atoms with Crippen molar-refractivity contribution in [2.75, 3.05) is 54.0 Å². The van der Waals surface area contributed by atoms with E-state index in [4.69, 9.17) is 5.26 Å². The number of nitriles is 1. The lowest BCUT2D eigenvalue weighted by atomic mass is 10.1. The highest BCUT2D eigenvalue weighted by Gasteiger charge is 2.21. The molecule has 0 bridgehead atoms. The summed E-state index contributed by atoms with van der Waals surface area (Å²) in [7, 11) is 0. The van der Waals surface area contributed by atoms with Gasteiger partial charge in [-0.2, -0.15) is 5.26 Å². The highest BCUT2D eigenvalue weighted by molar-refractivity contribution is 5.92. The highest BCUT2D eigenvalue weighted by atomic mass is 15.3. The van der Waals surface area contributed by atoms with Crippen molar-refractivity contribution in [1.82, 2.24) is 19.9 Å². The minimum Gasteiger partial charge on any atom is -0.368 e. The van der Waals surface area contributed by atoms with Gasteiger partial charge >= 0.3 is 0 Å². The quantitative estimate of drug-likeness (QED) is 0.677. The normalized spacial score (nSPS) is 17.0. The van der Waals surface area contributed by atoms with Crippen LogP contribution in [0.25, 0.3) is 10.9 Å². The number of fused-ring (bicyclic) bond motifs is 1. The Morgan fingerprint density at radius 2 is 1.59 bits per heavy atom. The van der Waals surface area contributed by atoms with Gasteiger partial charge in [-0.05, 0) is 31.0 Å². The smallest absolute Gasteiger partial charge is 0.158 e. The van der Waals surface area contributed by atoms with E-state index in [-0.39, 0.29) is 0 Å². The highest BCUT2D eigenvalue weighted by Crippen LogP contribution is 2.30. The predicted octanol–water partition coefficient (Wildman–Crippen LogP) is 2.22. The van der Waals surface area contributed by atoms with Crippen LogP contribution in [0.15, 0.2) is 36.9 Å². The number of benzene rings is 1. The topological polar surface area (TPSA) is 85.1 Å². The van der Waals surface area contributed by atoms with Crippen LogP contribution in [0.5, 0.6) is 0 Å². The molecule has 2 aromatic heterocycles. The van der Waals surface area contributed by atoms with Crippen molar-refractivity contribution in [2.45, 2.75) is 12.8 Å². The van der Waals surface area contributed by atoms with E-state index in [9.17, 15) is 0 Å². The molecule has 4 heterocycles. The lowest BCUT2D eigenvalue weighted by Crippen LogP contribution is -2.46. The first kappa shape index (κ1) is 17.6. The Labute approximate surface area is 169 Å². The Balaban J connectivity index is 1.35. The van der Waals surface area contributed by atoms with Gasteiger partial charge in [0.1, 0.15) is 24.0 Å². The first-order chi connectivity index (χ1) is 14.3. The fourth-order valence-corrected chi connectivity index (χ4v) is 4.14. The lowest BCUT2D eigenvalue weighted by molar-refractivity contribution is 0.646. The Morgan fingerprint density at radius 1 is 0.793 bits per heavy atom. The minimum atomic E-state index is 0.347. The molecule has 0 N–H and O–H groups in total. The summed E-state index contributed by atoms with van der Waals surface area (Å²) in [6.45, 7) is 5.67. The molecule has 5 rings (SSSR count). The van der Waals surface area contributed by atoms with E-state index in [1.807, 2.05) is 6.07 Å². The van der Waals surface area contributed by atoms with Crippen LogP contribution in [0.4, 0.5) is 17.3 Å². The number of piperazine rings is 1. The summed E-state index contributed by atoms with van der Waals surface area (Å²) < 4.78 is 0. The molecule has 8 nitrogen and oxygen atoms in total. The molecule has 0 amide bonds. The fraction of sp³-hybridized carbons (Fsp3) is 0.381. The molecule has 0 radical (unpaired) electrons. The summed E-state index contributed by atoms with van der Waals surface area (Å²) in [6, 6.07) is 8.50. The second-order valence-electron chi connectivity index (χ2n) is 7.44. The lowest BCUT2D eigenvalue weighted by Gasteiger charge is -2.36. The zero-order valence-corrected chi connectivity index (χ0v) is 16.2. The van der Waals surface area contributed by atoms with E-state index in [1.165, 1.54) is 24.7 Å². The van der Waals surface area contributed by atoms with Crippen LogP contribution in [-0.2, 0) is 0 Å². The largest absolute Gasteiger partial charge is 0.368 e. The summed E-state index contributed by atoms with van der Waals surface area (Å²) in [5, 5.41) is 10.0. The van der Waals surface area contributed by atoms with Crippen molar-refractivity contribution in [3.05, 3.63) is 42.6 Å². The third-order valence-corrected chi connectivity index (χ3v) is 5.73. The van der Waals surface area contributed by atoms with Crippen LogP contribution in [0.1, 0.15) is 18.5 Å². The predicted molar refractivity (Wildman–Crippen MR) is 112 cm³/mol. The molecule has 2 saturated heterocycles. The Hall–Kier alpha value is -3.47. The van der Waals surface area contributed by atoms with Crippen molar-refractivity contribution in [1.29, 1.82) is 5.26 Å². The molecule has 1 aromatic carbocycles. The standard InChI is InChI=1S/C21H22N8/c22-12-16-13-24-20(14-23-16)28-9-7-27(8-10-28)17-3-4-19-18(11-17)21(26-15-25-19)29-5-1-2-6-29/h3-4,11,13-15H,1-2,5-10H2. The maximum absolute atomic E-state index is 8.88. The Bertz CT molecular complexity index is 1040. The second kappa shape index (κ2) is 7.51. The second-order valence-corrected chi connectivity index (χ2v) is 7.44. The van der Waals surface area contributed by atoms with Crippen LogP contribution in [0.3, 0.4) is 0 Å². The average molecular weight is 386 g/mol. The van der Waals surface area contributed by atoms with Crippen molar-refractivity contribution < 1.29 is 0 Å². The molecule has 0 atom stereocenters. The average Bonchev–Trinajstić information content (AvgIpc) is 3.33. The third-order valence-electron chi connectivity index (χ3n) is 5.73. The van der Waals surface area contributed by atoms with Gasteiger partial charge in [0.2, 0.25) is 0 Å². The summed E-state index contributed by atoms with van der Waals surface area (Å²) >= 11 is 0. The van der Waals surface area contributed by atoms with Gasteiger partial charge < -0.3 is 14.7 Å². The molecule has 3 aromatic rings. The van der Waals surface area contributed by atoms with Crippen molar-refractivity contribution in [3.63, 3.8) is 0 Å². The van der Waals surface area contributed by atoms with Gasteiger partial charge in [0.15, 0.2) is 5.69 Å². The van der Waals surface area contributed by atoms with E-state index in [1.54, 1.807) is 12.5 Å². The monoisotopic (exact) mass is 386 g/mol. The molecule has 0 saturated carbocycles. The maximum Gasteiger partial charge on any atom is 0.158 e. The number of anilines is 3. The number of hydrogen-bond acceptors (Lipinski definition) is 8. The van der Waals surface area contributed by atoms with E-state index < -0.39 is 0 Å². The van der Waals surface area contributed by atoms with Crippen LogP contribution in [-0.4, -0.2) is 59.2 Å². The first-order valence-electron chi connectivity index (χ1n) is 10.0. The molecule has 0 aliphatic carbocycles. The Morgan fingerprint density at radius 3 is 2.31 bits per heavy atom. The molecule has 0 spiro atoms. The number of rotatable bonds is 3. The van der Waals surface area contributed by atoms with Gasteiger partial charge in [-0.25, -0.2) is 19.9 Å². The van der Waals surface area contributed by atoms with Gasteiger partial charge in [-0.1, -0.05) is 0 Å². The molecular weight excluding hydrogens is 364 g/mol. The molecule has 29 heavy (non-hydrogen) atoms. The SMILES string of the molecule is N#Cc1cnc(N2CCN(c3ccc4ncnc(N5CCCC5)c4c3)CC2)cn1. The summed E-state index contributed by atoms with van der Waals surface area (Å²) in [4.78, 5) is 24.5. The molecule has 8 heteroatoms. The van der Waals surface area contributed by atoms with Gasteiger partial charge in [0, 0.05) is 50.3 Å². The van der Waals surface area contributed by atoms with Crippen molar-refractivity contribution in [2.24, 2.45) is 0 Å². The molecule has 2 aliphatic rings. The van der Waals surface area contributed by atoms with E-state index in [0.29, 0.717) is 5.69 Å². The van der Waals surface area contributed by atoms with Gasteiger partial charge in [-0.3, -0.25) is 0 Å². The zero-order valence-electron chi connectivity index (χ0n) is 16.2. The van der Waals surface area contributed by atoms with Crippen LogP contribution < -0.4 is 14.7 Å². The van der Waals surface area contributed by atoms with E-state index in [2.05, 4.69) is 52.8 Å². The molecular formula is C21H22N8. The van der Waals surface area contributed by atoms with Crippen molar-refractivity contribution >= 4 is 28.2 Å². The molecule has 146 valence electrons. The molecule has 2 aliphatic heterocycles. The minimum absolute atomic E-state index is 0.347. The van der Waals surface area contributed by atoms with E-state index >= 15 is 0 Å². The number of nitrogens with zero attached hydrogens (tertiary/aromatic N) is 8. The Kier molecular flexibility index (Phi) is 4.56. The first-order valence-corrected chi connectivity index (χ1v) is 10.0. The summed E-state index contributed by atoms with van der Waals surface area (Å²) in [5.74, 6) is 1.88. The number of hydrogen-bond donors (Lipinski definition) is 0. The zero-order chi connectivity index (χ0) is 19.6. The van der Waals surface area contributed by atoms with Crippen LogP contribution >= 0.6 is 0 Å². The fourth-order valence-electron chi connectivity index (χ4n) is 4.14. The maximum atomic E-state index is 8.88. The van der Waals surface area contributed by atoms with Gasteiger partial charge in [0.25, 0.3) is 0 Å². The van der Waals surface area contributed by atoms with Gasteiger partial charge in [0.05, 0.1) is 17.9 Å². The molecule has 0 unspecified atom stereocenters. The van der Waals surface area contributed by atoms with Crippen LogP contribution in [0.2, 0.25) is 0 Å². The molecule has 2 fully saturated rings.